The van der Waals surface area contributed by atoms with Gasteiger partial charge in [0.25, 0.3) is 21.6 Å². The Morgan fingerprint density at radius 2 is 1.68 bits per heavy atom. The van der Waals surface area contributed by atoms with E-state index in [1.807, 2.05) is 52.0 Å². The van der Waals surface area contributed by atoms with Crippen molar-refractivity contribution in [1.29, 1.82) is 0 Å². The number of para-hydroxylation sites is 2. The average Bonchev–Trinajstić information content (AvgIpc) is 3.27. The fourth-order valence-electron chi connectivity index (χ4n) is 5.00. The number of nitrogens with one attached hydrogen (secondary N) is 1. The topological polar surface area (TPSA) is 145 Å². The van der Waals surface area contributed by atoms with Gasteiger partial charge in [0.2, 0.25) is 0 Å². The van der Waals surface area contributed by atoms with E-state index in [-0.39, 0.29) is 11.4 Å². The van der Waals surface area contributed by atoms with E-state index in [9.17, 15) is 23.3 Å². The molecule has 44 heavy (non-hydrogen) atoms. The van der Waals surface area contributed by atoms with Crippen molar-refractivity contribution in [3.8, 4) is 17.2 Å². The maximum Gasteiger partial charge on any atom is 0.289 e. The first kappa shape index (κ1) is 31.8. The van der Waals surface area contributed by atoms with E-state index in [1.165, 1.54) is 50.8 Å². The number of hydrogen-bond donors (Lipinski definition) is 1. The number of nitro benzene ring substituents is 1. The number of carbonyl (C=O) groups excluding carboxylic acids is 1. The summed E-state index contributed by atoms with van der Waals surface area (Å²) in [5.74, 6) is -0.340. The molecule has 0 saturated heterocycles. The van der Waals surface area contributed by atoms with Crippen LogP contribution in [0.3, 0.4) is 0 Å². The fraction of sp³-hybridized carbons (Fsp3) is 0.226. The lowest BCUT2D eigenvalue weighted by Crippen LogP contribution is -2.40. The van der Waals surface area contributed by atoms with Crippen LogP contribution in [-0.4, -0.2) is 50.8 Å². The number of benzene rings is 3. The number of nitrogens with zero attached hydrogens (tertiary/aromatic N) is 4. The molecule has 0 saturated carbocycles. The smallest absolute Gasteiger partial charge is 0.289 e. The summed E-state index contributed by atoms with van der Waals surface area (Å²) < 4.78 is 41.3. The summed E-state index contributed by atoms with van der Waals surface area (Å²) in [7, 11) is -1.89. The zero-order valence-corrected chi connectivity index (χ0v) is 26.0. The number of ether oxygens (including phenoxy) is 2. The van der Waals surface area contributed by atoms with Gasteiger partial charge in [-0.3, -0.25) is 19.2 Å². The zero-order chi connectivity index (χ0) is 32.2. The molecule has 230 valence electrons. The second kappa shape index (κ2) is 13.0. The highest BCUT2D eigenvalue weighted by Crippen LogP contribution is 2.37. The lowest BCUT2D eigenvalue weighted by atomic mass is 10.1. The zero-order valence-electron chi connectivity index (χ0n) is 25.2. The van der Waals surface area contributed by atoms with Gasteiger partial charge in [-0.05, 0) is 63.1 Å². The molecule has 0 radical (unpaired) electrons. The molecule has 1 N–H and O–H groups in total. The molecule has 0 aliphatic carbocycles. The summed E-state index contributed by atoms with van der Waals surface area (Å²) in [6.07, 6.45) is 1.49. The van der Waals surface area contributed by atoms with Gasteiger partial charge in [0.1, 0.15) is 18.0 Å². The van der Waals surface area contributed by atoms with Gasteiger partial charge in [0.05, 0.1) is 36.7 Å². The summed E-state index contributed by atoms with van der Waals surface area (Å²) in [6, 6.07) is 17.2. The van der Waals surface area contributed by atoms with E-state index in [0.717, 1.165) is 50.2 Å². The Labute approximate surface area is 255 Å². The molecular formula is C31H33N5O7S. The van der Waals surface area contributed by atoms with Gasteiger partial charge in [0.15, 0.2) is 4.90 Å². The second-order valence-corrected chi connectivity index (χ2v) is 11.8. The van der Waals surface area contributed by atoms with Gasteiger partial charge in [-0.25, -0.2) is 13.8 Å². The van der Waals surface area contributed by atoms with E-state index in [2.05, 4.69) is 15.1 Å². The number of carbonyl (C=O) groups is 1. The highest BCUT2D eigenvalue weighted by molar-refractivity contribution is 7.93. The molecule has 0 unspecified atom stereocenters. The molecule has 0 bridgehead atoms. The van der Waals surface area contributed by atoms with Gasteiger partial charge >= 0.3 is 0 Å². The lowest BCUT2D eigenvalue weighted by Gasteiger charge is -2.25. The fourth-order valence-corrected chi connectivity index (χ4v) is 6.59. The molecular weight excluding hydrogens is 586 g/mol. The number of amides is 1. The van der Waals surface area contributed by atoms with E-state index in [4.69, 9.17) is 9.47 Å². The monoisotopic (exact) mass is 619 g/mol. The molecule has 0 atom stereocenters. The summed E-state index contributed by atoms with van der Waals surface area (Å²) in [5.41, 5.74) is 7.64. The van der Waals surface area contributed by atoms with Crippen LogP contribution >= 0.6 is 0 Å². The number of aryl methyl sites for hydroxylation is 3. The number of nitro groups is 1. The molecule has 3 aromatic carbocycles. The molecule has 0 aliphatic heterocycles. The van der Waals surface area contributed by atoms with E-state index < -0.39 is 38.0 Å². The first-order valence-corrected chi connectivity index (χ1v) is 14.9. The number of rotatable bonds is 11. The third-order valence-electron chi connectivity index (χ3n) is 7.10. The Morgan fingerprint density at radius 1 is 1.00 bits per heavy atom. The standard InChI is InChI=1S/C31H33N5O7S/c1-20-10-9-11-21(2)31(20)35-22(3)16-24(23(35)4)18-32-33-30(37)19-34(26-15-14-25(42-5)17-28(26)43-6)44(40,41)29-13-8-7-12-27(29)36(38)39/h7-18H,19H2,1-6H3,(H,33,37)/b32-18-. The van der Waals surface area contributed by atoms with Crippen molar-refractivity contribution in [2.45, 2.75) is 32.6 Å². The van der Waals surface area contributed by atoms with Crippen LogP contribution in [0.15, 0.2) is 76.7 Å². The van der Waals surface area contributed by atoms with Gasteiger partial charge < -0.3 is 14.0 Å². The van der Waals surface area contributed by atoms with Crippen LogP contribution in [0.2, 0.25) is 0 Å². The molecule has 0 fully saturated rings. The highest BCUT2D eigenvalue weighted by atomic mass is 32.2. The van der Waals surface area contributed by atoms with Crippen molar-refractivity contribution in [3.05, 3.63) is 105 Å². The summed E-state index contributed by atoms with van der Waals surface area (Å²) in [5, 5.41) is 15.8. The Bertz CT molecular complexity index is 1840. The van der Waals surface area contributed by atoms with Crippen LogP contribution in [0.5, 0.6) is 11.5 Å². The third-order valence-corrected chi connectivity index (χ3v) is 8.91. The van der Waals surface area contributed by atoms with Crippen molar-refractivity contribution in [2.24, 2.45) is 5.10 Å². The first-order valence-electron chi connectivity index (χ1n) is 13.5. The van der Waals surface area contributed by atoms with Gasteiger partial charge in [-0.2, -0.15) is 5.10 Å². The largest absolute Gasteiger partial charge is 0.497 e. The molecule has 13 heteroatoms. The Kier molecular flexibility index (Phi) is 9.38. The summed E-state index contributed by atoms with van der Waals surface area (Å²) >= 11 is 0. The van der Waals surface area contributed by atoms with Crippen molar-refractivity contribution in [3.63, 3.8) is 0 Å². The summed E-state index contributed by atoms with van der Waals surface area (Å²) in [4.78, 5) is 23.5. The van der Waals surface area contributed by atoms with E-state index >= 15 is 0 Å². The number of anilines is 1. The number of hydrogen-bond acceptors (Lipinski definition) is 8. The van der Waals surface area contributed by atoms with Gasteiger partial charge in [-0.1, -0.05) is 30.3 Å². The van der Waals surface area contributed by atoms with Crippen LogP contribution in [0.4, 0.5) is 11.4 Å². The van der Waals surface area contributed by atoms with Crippen LogP contribution in [0, 0.1) is 37.8 Å². The minimum absolute atomic E-state index is 0.0253. The van der Waals surface area contributed by atoms with Crippen molar-refractivity contribution < 1.29 is 27.6 Å². The number of hydrazone groups is 1. The Balaban J connectivity index is 1.67. The van der Waals surface area contributed by atoms with Gasteiger partial charge in [-0.15, -0.1) is 0 Å². The molecule has 4 rings (SSSR count). The lowest BCUT2D eigenvalue weighted by molar-refractivity contribution is -0.387. The molecule has 1 heterocycles. The molecule has 12 nitrogen and oxygen atoms in total. The third kappa shape index (κ3) is 6.27. The van der Waals surface area contributed by atoms with Crippen molar-refractivity contribution in [2.75, 3.05) is 25.1 Å². The van der Waals surface area contributed by atoms with Crippen molar-refractivity contribution >= 4 is 33.5 Å². The minimum atomic E-state index is -4.65. The highest BCUT2D eigenvalue weighted by Gasteiger charge is 2.34. The maximum atomic E-state index is 13.9. The molecule has 1 amide bonds. The summed E-state index contributed by atoms with van der Waals surface area (Å²) in [6.45, 7) is 7.24. The molecule has 0 spiro atoms. The number of sulfonamides is 1. The SMILES string of the molecule is COc1ccc(N(CC(=O)N/N=C\c2cc(C)n(-c3c(C)cccc3C)c2C)S(=O)(=O)c2ccccc2[N+](=O)[O-])c(OC)c1. The van der Waals surface area contributed by atoms with E-state index in [0.29, 0.717) is 5.75 Å². The number of aromatic nitrogens is 1. The van der Waals surface area contributed by atoms with Crippen LogP contribution < -0.4 is 19.2 Å². The first-order chi connectivity index (χ1) is 20.9. The molecule has 1 aromatic heterocycles. The van der Waals surface area contributed by atoms with Crippen molar-refractivity contribution in [1.82, 2.24) is 9.99 Å². The Morgan fingerprint density at radius 3 is 2.32 bits per heavy atom. The normalized spacial score (nSPS) is 11.4. The van der Waals surface area contributed by atoms with Gasteiger partial charge in [0, 0.05) is 29.1 Å². The van der Waals surface area contributed by atoms with Crippen LogP contribution in [0.25, 0.3) is 5.69 Å². The van der Waals surface area contributed by atoms with Crippen LogP contribution in [0.1, 0.15) is 28.1 Å². The van der Waals surface area contributed by atoms with Crippen LogP contribution in [-0.2, 0) is 14.8 Å². The maximum absolute atomic E-state index is 13.9. The predicted molar refractivity (Wildman–Crippen MR) is 168 cm³/mol. The minimum Gasteiger partial charge on any atom is -0.497 e. The quantitative estimate of drug-likeness (QED) is 0.142. The molecule has 4 aromatic rings. The predicted octanol–water partition coefficient (Wildman–Crippen LogP) is 4.98. The molecule has 0 aliphatic rings. The average molecular weight is 620 g/mol. The van der Waals surface area contributed by atoms with E-state index in [1.54, 1.807) is 0 Å². The Hall–Kier alpha value is -5.17. The second-order valence-electron chi connectivity index (χ2n) is 9.97. The number of methoxy groups -OCH3 is 2.